The Kier molecular flexibility index (Phi) is 0.568. The Bertz CT molecular complexity index is 145. The van der Waals surface area contributed by atoms with Gasteiger partial charge in [-0.15, -0.1) is 0 Å². The molecule has 1 aliphatic heterocycles. The van der Waals surface area contributed by atoms with Crippen LogP contribution in [0.2, 0.25) is 0 Å². The molecule has 8 heavy (non-hydrogen) atoms. The molecule has 1 aliphatic carbocycles. The lowest BCUT2D eigenvalue weighted by molar-refractivity contribution is -0.153. The van der Waals surface area contributed by atoms with E-state index in [1.807, 2.05) is 0 Å². The second-order valence-electron chi connectivity index (χ2n) is 2.44. The van der Waals surface area contributed by atoms with Gasteiger partial charge in [0.25, 0.3) is 0 Å². The number of aliphatic hydroxyl groups excluding tert-OH is 1. The van der Waals surface area contributed by atoms with Crippen LogP contribution in [0.3, 0.4) is 0 Å². The zero-order valence-electron chi connectivity index (χ0n) is 4.29. The summed E-state index contributed by atoms with van der Waals surface area (Å²) in [5.74, 6) is 0.269. The van der Waals surface area contributed by atoms with Gasteiger partial charge in [0.15, 0.2) is 0 Å². The first-order valence-corrected chi connectivity index (χ1v) is 2.77. The lowest BCUT2D eigenvalue weighted by Gasteiger charge is -2.49. The minimum Gasteiger partial charge on any atom is -0.391 e. The molecule has 44 valence electrons. The topological polar surface area (TPSA) is 49.3 Å². The predicted octanol–water partition coefficient (Wildman–Crippen LogP) is -1.13. The number of β-lactam (4-membered cyclic amide) rings is 1. The van der Waals surface area contributed by atoms with Crippen LogP contribution < -0.4 is 5.32 Å². The Morgan fingerprint density at radius 2 is 2.50 bits per heavy atom. The number of aliphatic hydroxyl groups is 1. The van der Waals surface area contributed by atoms with Crippen LogP contribution in [-0.2, 0) is 4.79 Å². The van der Waals surface area contributed by atoms with E-state index in [0.717, 1.165) is 0 Å². The van der Waals surface area contributed by atoms with Gasteiger partial charge < -0.3 is 10.4 Å². The van der Waals surface area contributed by atoms with Gasteiger partial charge in [0, 0.05) is 0 Å². The van der Waals surface area contributed by atoms with Crippen LogP contribution in [0.5, 0.6) is 0 Å². The molecule has 3 unspecified atom stereocenters. The zero-order valence-corrected chi connectivity index (χ0v) is 4.29. The second kappa shape index (κ2) is 1.05. The summed E-state index contributed by atoms with van der Waals surface area (Å²) in [4.78, 5) is 10.4. The molecule has 2 aliphatic rings. The second-order valence-corrected chi connectivity index (χ2v) is 2.44. The third kappa shape index (κ3) is 0.282. The number of fused-ring (bicyclic) bond motifs is 1. The summed E-state index contributed by atoms with van der Waals surface area (Å²) in [7, 11) is 0. The molecule has 0 radical (unpaired) electrons. The van der Waals surface area contributed by atoms with Crippen LogP contribution in [0.25, 0.3) is 0 Å². The summed E-state index contributed by atoms with van der Waals surface area (Å²) in [5.41, 5.74) is 0. The van der Waals surface area contributed by atoms with Gasteiger partial charge in [-0.1, -0.05) is 0 Å². The Labute approximate surface area is 46.7 Å². The van der Waals surface area contributed by atoms with E-state index < -0.39 is 0 Å². The molecule has 3 heteroatoms. The highest BCUT2D eigenvalue weighted by molar-refractivity contribution is 5.87. The summed E-state index contributed by atoms with van der Waals surface area (Å²) in [6, 6.07) is 0.113. The van der Waals surface area contributed by atoms with Crippen LogP contribution in [0, 0.1) is 5.92 Å². The van der Waals surface area contributed by atoms with E-state index in [0.29, 0.717) is 6.42 Å². The fraction of sp³-hybridized carbons (Fsp3) is 0.800. The van der Waals surface area contributed by atoms with Crippen LogP contribution in [0.4, 0.5) is 0 Å². The Morgan fingerprint density at radius 3 is 2.62 bits per heavy atom. The number of rotatable bonds is 0. The third-order valence-electron chi connectivity index (χ3n) is 1.99. The minimum atomic E-state index is -0.252. The van der Waals surface area contributed by atoms with E-state index in [9.17, 15) is 4.79 Å². The maximum absolute atomic E-state index is 10.4. The van der Waals surface area contributed by atoms with Gasteiger partial charge in [0.05, 0.1) is 18.1 Å². The summed E-state index contributed by atoms with van der Waals surface area (Å²) < 4.78 is 0. The minimum absolute atomic E-state index is 0.111. The van der Waals surface area contributed by atoms with Gasteiger partial charge in [0.1, 0.15) is 0 Å². The molecular weight excluding hydrogens is 106 g/mol. The number of nitrogens with one attached hydrogen (secondary N) is 1. The first kappa shape index (κ1) is 4.32. The molecule has 1 heterocycles. The molecule has 0 aromatic heterocycles. The first-order chi connectivity index (χ1) is 3.79. The molecular formula is C5H7NO2. The van der Waals surface area contributed by atoms with Crippen molar-refractivity contribution >= 4 is 5.91 Å². The molecule has 3 nitrogen and oxygen atoms in total. The molecule has 2 rings (SSSR count). The number of carbonyl (C=O) groups excluding carboxylic acids is 1. The average Bonchev–Trinajstić information content (AvgIpc) is 1.76. The molecule has 1 amide bonds. The van der Waals surface area contributed by atoms with E-state index >= 15 is 0 Å². The van der Waals surface area contributed by atoms with Crippen molar-refractivity contribution in [1.82, 2.24) is 5.32 Å². The molecule has 1 saturated carbocycles. The molecule has 0 spiro atoms. The maximum Gasteiger partial charge on any atom is 0.225 e. The van der Waals surface area contributed by atoms with E-state index in [-0.39, 0.29) is 24.0 Å². The summed E-state index contributed by atoms with van der Waals surface area (Å²) >= 11 is 0. The zero-order chi connectivity index (χ0) is 5.72. The number of hydrogen-bond donors (Lipinski definition) is 2. The number of piperidine rings is 1. The fourth-order valence-electron chi connectivity index (χ4n) is 1.27. The number of amides is 1. The molecule has 3 atom stereocenters. The monoisotopic (exact) mass is 113 g/mol. The van der Waals surface area contributed by atoms with Gasteiger partial charge in [-0.2, -0.15) is 0 Å². The predicted molar refractivity (Wildman–Crippen MR) is 26.0 cm³/mol. The van der Waals surface area contributed by atoms with E-state index in [1.165, 1.54) is 0 Å². The van der Waals surface area contributed by atoms with Gasteiger partial charge in [-0.3, -0.25) is 4.79 Å². The normalized spacial score (nSPS) is 50.6. The molecule has 2 fully saturated rings. The van der Waals surface area contributed by atoms with Gasteiger partial charge in [0.2, 0.25) is 5.91 Å². The van der Waals surface area contributed by atoms with Crippen molar-refractivity contribution in [1.29, 1.82) is 0 Å². The fourth-order valence-corrected chi connectivity index (χ4v) is 1.27. The maximum atomic E-state index is 10.4. The SMILES string of the molecule is O=C1NC2C(O)CC12. The van der Waals surface area contributed by atoms with Crippen LogP contribution in [-0.4, -0.2) is 23.2 Å². The molecule has 0 aromatic carbocycles. The quantitative estimate of drug-likeness (QED) is 0.390. The van der Waals surface area contributed by atoms with Crippen LogP contribution in [0.15, 0.2) is 0 Å². The number of hydrogen-bond acceptors (Lipinski definition) is 2. The first-order valence-electron chi connectivity index (χ1n) is 2.77. The van der Waals surface area contributed by atoms with Crippen molar-refractivity contribution in [3.8, 4) is 0 Å². The average molecular weight is 113 g/mol. The van der Waals surface area contributed by atoms with Crippen LogP contribution in [0.1, 0.15) is 6.42 Å². The van der Waals surface area contributed by atoms with Crippen molar-refractivity contribution in [3.63, 3.8) is 0 Å². The Balaban J connectivity index is 2.05. The molecule has 0 aromatic rings. The van der Waals surface area contributed by atoms with Crippen molar-refractivity contribution in [2.45, 2.75) is 18.6 Å². The van der Waals surface area contributed by atoms with Crippen molar-refractivity contribution in [2.75, 3.05) is 0 Å². The summed E-state index contributed by atoms with van der Waals surface area (Å²) in [6.45, 7) is 0. The van der Waals surface area contributed by atoms with E-state index in [4.69, 9.17) is 5.11 Å². The third-order valence-corrected chi connectivity index (χ3v) is 1.99. The van der Waals surface area contributed by atoms with Crippen LogP contribution >= 0.6 is 0 Å². The molecule has 2 N–H and O–H groups in total. The Hall–Kier alpha value is -0.570. The molecule has 1 saturated heterocycles. The van der Waals surface area contributed by atoms with E-state index in [1.54, 1.807) is 0 Å². The lowest BCUT2D eigenvalue weighted by Crippen LogP contribution is -2.71. The van der Waals surface area contributed by atoms with E-state index in [2.05, 4.69) is 5.32 Å². The van der Waals surface area contributed by atoms with Crippen molar-refractivity contribution in [3.05, 3.63) is 0 Å². The summed E-state index contributed by atoms with van der Waals surface area (Å²) in [5, 5.41) is 11.4. The lowest BCUT2D eigenvalue weighted by atomic mass is 9.70. The van der Waals surface area contributed by atoms with Gasteiger partial charge in [-0.05, 0) is 6.42 Å². The smallest absolute Gasteiger partial charge is 0.225 e. The van der Waals surface area contributed by atoms with Crippen molar-refractivity contribution < 1.29 is 9.90 Å². The highest BCUT2D eigenvalue weighted by atomic mass is 16.3. The van der Waals surface area contributed by atoms with Gasteiger partial charge >= 0.3 is 0 Å². The number of carbonyl (C=O) groups is 1. The van der Waals surface area contributed by atoms with Crippen molar-refractivity contribution in [2.24, 2.45) is 5.92 Å². The standard InChI is InChI=1S/C5H7NO2/c7-3-1-2-4(3)6-5(2)8/h2-4,7H,1H2,(H,6,8). The van der Waals surface area contributed by atoms with Gasteiger partial charge in [-0.25, -0.2) is 0 Å². The highest BCUT2D eigenvalue weighted by Gasteiger charge is 2.52. The Morgan fingerprint density at radius 1 is 1.75 bits per heavy atom. The largest absolute Gasteiger partial charge is 0.391 e. The highest BCUT2D eigenvalue weighted by Crippen LogP contribution is 2.34. The molecule has 0 bridgehead atoms. The summed E-state index contributed by atoms with van der Waals surface area (Å²) in [6.07, 6.45) is 0.425.